The van der Waals surface area contributed by atoms with E-state index in [9.17, 15) is 9.59 Å². The van der Waals surface area contributed by atoms with Crippen LogP contribution in [-0.2, 0) is 19.2 Å². The van der Waals surface area contributed by atoms with Gasteiger partial charge < -0.3 is 14.9 Å². The second-order valence-electron chi connectivity index (χ2n) is 4.13. The molecule has 0 bridgehead atoms. The number of ketones is 1. The number of carbonyl (C=O) groups is 2. The van der Waals surface area contributed by atoms with Crippen molar-refractivity contribution >= 4 is 11.7 Å². The molecule has 0 heterocycles. The lowest BCUT2D eigenvalue weighted by molar-refractivity contribution is -0.128. The molecule has 0 radical (unpaired) electrons. The molecule has 0 saturated carbocycles. The predicted octanol–water partition coefficient (Wildman–Crippen LogP) is 0.0132. The molecule has 0 aromatic rings. The summed E-state index contributed by atoms with van der Waals surface area (Å²) in [5.74, 6) is 4.67. The zero-order valence-corrected chi connectivity index (χ0v) is 10.7. The van der Waals surface area contributed by atoms with Gasteiger partial charge in [-0.15, -0.1) is 0 Å². The first-order valence-electron chi connectivity index (χ1n) is 5.68. The average Bonchev–Trinajstić information content (AvgIpc) is 2.24. The second kappa shape index (κ2) is 9.09. The molecule has 0 fully saturated rings. The second-order valence-corrected chi connectivity index (χ2v) is 4.13. The monoisotopic (exact) mass is 246 g/mol. The minimum atomic E-state index is -0.421. The first-order valence-corrected chi connectivity index (χ1v) is 5.68. The highest BCUT2D eigenvalue weighted by atomic mass is 16.6. The lowest BCUT2D eigenvalue weighted by Crippen LogP contribution is -2.43. The fraction of sp³-hybridized carbons (Fsp3) is 0.818. The number of ether oxygens (including phenoxy) is 1. The molecule has 1 amide bonds. The van der Waals surface area contributed by atoms with Gasteiger partial charge in [0.25, 0.3) is 0 Å². The molecule has 0 rings (SSSR count). The summed E-state index contributed by atoms with van der Waals surface area (Å²) >= 11 is 0. The maximum Gasteiger partial charge on any atom is 0.222 e. The molecule has 100 valence electrons. The third kappa shape index (κ3) is 7.84. The van der Waals surface area contributed by atoms with Gasteiger partial charge in [0, 0.05) is 6.42 Å². The smallest absolute Gasteiger partial charge is 0.222 e. The van der Waals surface area contributed by atoms with Gasteiger partial charge in [-0.05, 0) is 12.8 Å². The Labute approximate surface area is 102 Å². The zero-order chi connectivity index (χ0) is 13.3. The van der Waals surface area contributed by atoms with Gasteiger partial charge in [0.05, 0.1) is 25.9 Å². The van der Waals surface area contributed by atoms with Gasteiger partial charge in [0.1, 0.15) is 0 Å². The Morgan fingerprint density at radius 2 is 1.88 bits per heavy atom. The van der Waals surface area contributed by atoms with Crippen LogP contribution >= 0.6 is 0 Å². The van der Waals surface area contributed by atoms with Crippen LogP contribution in [0.1, 0.15) is 27.2 Å². The topological polar surface area (TPSA) is 90.7 Å². The number of Topliss-reactive ketones (excluding diaryl/α,β-unsaturated/α-hetero) is 1. The zero-order valence-electron chi connectivity index (χ0n) is 10.7. The molecule has 3 N–H and O–H groups in total. The number of amides is 1. The highest BCUT2D eigenvalue weighted by molar-refractivity contribution is 5.87. The summed E-state index contributed by atoms with van der Waals surface area (Å²) in [5.41, 5.74) is 0. The summed E-state index contributed by atoms with van der Waals surface area (Å²) in [6, 6.07) is -0.421. The summed E-state index contributed by atoms with van der Waals surface area (Å²) in [7, 11) is 0. The van der Waals surface area contributed by atoms with E-state index in [0.29, 0.717) is 13.2 Å². The van der Waals surface area contributed by atoms with E-state index in [1.807, 2.05) is 13.8 Å². The van der Waals surface area contributed by atoms with Crippen molar-refractivity contribution in [2.75, 3.05) is 19.8 Å². The van der Waals surface area contributed by atoms with Crippen LogP contribution in [0.3, 0.4) is 0 Å². The number of nitrogens with two attached hydrogens (primary N) is 1. The Morgan fingerprint density at radius 1 is 1.24 bits per heavy atom. The molecule has 0 aromatic carbocycles. The SMILES string of the molecule is CC(=O)[C@@H](NC(=O)CCOCCON)C(C)C. The normalized spacial score (nSPS) is 12.5. The number of hydrogen-bond donors (Lipinski definition) is 2. The molecule has 0 aromatic heterocycles. The van der Waals surface area contributed by atoms with Gasteiger partial charge in [-0.25, -0.2) is 5.90 Å². The van der Waals surface area contributed by atoms with E-state index in [-0.39, 0.29) is 30.6 Å². The van der Waals surface area contributed by atoms with Crippen LogP contribution < -0.4 is 11.2 Å². The lowest BCUT2D eigenvalue weighted by atomic mass is 10.0. The number of hydrogen-bond acceptors (Lipinski definition) is 5. The van der Waals surface area contributed by atoms with Crippen molar-refractivity contribution in [1.82, 2.24) is 5.32 Å². The van der Waals surface area contributed by atoms with Crippen LogP contribution in [0.2, 0.25) is 0 Å². The molecule has 0 aliphatic carbocycles. The van der Waals surface area contributed by atoms with E-state index in [2.05, 4.69) is 10.2 Å². The molecule has 0 saturated heterocycles. The molecule has 1 atom stereocenters. The molecular formula is C11H22N2O4. The highest BCUT2D eigenvalue weighted by Crippen LogP contribution is 2.03. The van der Waals surface area contributed by atoms with Gasteiger partial charge in [0.2, 0.25) is 5.91 Å². The number of rotatable bonds is 9. The number of carbonyl (C=O) groups excluding carboxylic acids is 2. The lowest BCUT2D eigenvalue weighted by Gasteiger charge is -2.19. The summed E-state index contributed by atoms with van der Waals surface area (Å²) in [6.07, 6.45) is 0.223. The summed E-state index contributed by atoms with van der Waals surface area (Å²) < 4.78 is 5.10. The summed E-state index contributed by atoms with van der Waals surface area (Å²) in [4.78, 5) is 27.1. The molecule has 0 aliphatic heterocycles. The van der Waals surface area contributed by atoms with Crippen LogP contribution in [0.5, 0.6) is 0 Å². The molecule has 0 aliphatic rings. The Hall–Kier alpha value is -0.980. The van der Waals surface area contributed by atoms with Gasteiger partial charge >= 0.3 is 0 Å². The van der Waals surface area contributed by atoms with Crippen LogP contribution in [0.4, 0.5) is 0 Å². The fourth-order valence-corrected chi connectivity index (χ4v) is 1.36. The standard InChI is InChI=1S/C11H22N2O4/c1-8(2)11(9(3)14)13-10(15)4-5-16-6-7-17-12/h8,11H,4-7,12H2,1-3H3,(H,13,15)/t11-/m0/s1. The van der Waals surface area contributed by atoms with E-state index in [0.717, 1.165) is 0 Å². The van der Waals surface area contributed by atoms with Crippen molar-refractivity contribution < 1.29 is 19.2 Å². The molecule has 6 nitrogen and oxygen atoms in total. The van der Waals surface area contributed by atoms with E-state index in [4.69, 9.17) is 10.6 Å². The first kappa shape index (κ1) is 16.0. The van der Waals surface area contributed by atoms with Crippen LogP contribution in [0, 0.1) is 5.92 Å². The summed E-state index contributed by atoms with van der Waals surface area (Å²) in [6.45, 7) is 6.19. The van der Waals surface area contributed by atoms with E-state index < -0.39 is 6.04 Å². The summed E-state index contributed by atoms with van der Waals surface area (Å²) in [5, 5.41) is 2.68. The van der Waals surface area contributed by atoms with Crippen molar-refractivity contribution in [2.24, 2.45) is 11.8 Å². The molecule has 17 heavy (non-hydrogen) atoms. The van der Waals surface area contributed by atoms with E-state index in [1.165, 1.54) is 6.92 Å². The molecule has 6 heteroatoms. The largest absolute Gasteiger partial charge is 0.378 e. The molecular weight excluding hydrogens is 224 g/mol. The molecule has 0 unspecified atom stereocenters. The predicted molar refractivity (Wildman–Crippen MR) is 63.0 cm³/mol. The Kier molecular flexibility index (Phi) is 8.57. The Balaban J connectivity index is 3.80. The number of nitrogens with one attached hydrogen (secondary N) is 1. The van der Waals surface area contributed by atoms with Crippen LogP contribution in [0.25, 0.3) is 0 Å². The van der Waals surface area contributed by atoms with Gasteiger partial charge in [-0.3, -0.25) is 9.59 Å². The van der Waals surface area contributed by atoms with Gasteiger partial charge in [-0.1, -0.05) is 13.8 Å². The van der Waals surface area contributed by atoms with E-state index in [1.54, 1.807) is 0 Å². The quantitative estimate of drug-likeness (QED) is 0.442. The maximum atomic E-state index is 11.5. The van der Waals surface area contributed by atoms with Crippen molar-refractivity contribution in [1.29, 1.82) is 0 Å². The first-order chi connectivity index (χ1) is 7.99. The van der Waals surface area contributed by atoms with Crippen LogP contribution in [0.15, 0.2) is 0 Å². The van der Waals surface area contributed by atoms with Crippen molar-refractivity contribution in [3.63, 3.8) is 0 Å². The average molecular weight is 246 g/mol. The Bertz CT molecular complexity index is 244. The fourth-order valence-electron chi connectivity index (χ4n) is 1.36. The van der Waals surface area contributed by atoms with Crippen molar-refractivity contribution in [3.8, 4) is 0 Å². The van der Waals surface area contributed by atoms with Gasteiger partial charge in [0.15, 0.2) is 5.78 Å². The highest BCUT2D eigenvalue weighted by Gasteiger charge is 2.20. The van der Waals surface area contributed by atoms with Crippen LogP contribution in [-0.4, -0.2) is 37.6 Å². The molecule has 0 spiro atoms. The Morgan fingerprint density at radius 3 is 2.35 bits per heavy atom. The van der Waals surface area contributed by atoms with E-state index >= 15 is 0 Å². The minimum absolute atomic E-state index is 0.0363. The van der Waals surface area contributed by atoms with Crippen molar-refractivity contribution in [3.05, 3.63) is 0 Å². The minimum Gasteiger partial charge on any atom is -0.378 e. The van der Waals surface area contributed by atoms with Crippen molar-refractivity contribution in [2.45, 2.75) is 33.2 Å². The van der Waals surface area contributed by atoms with Gasteiger partial charge in [-0.2, -0.15) is 0 Å². The third-order valence-electron chi connectivity index (χ3n) is 2.24. The third-order valence-corrected chi connectivity index (χ3v) is 2.24. The maximum absolute atomic E-state index is 11.5.